The number of ether oxygens (including phenoxy) is 1. The van der Waals surface area contributed by atoms with E-state index in [1.54, 1.807) is 0 Å². The van der Waals surface area contributed by atoms with E-state index in [2.05, 4.69) is 12.1 Å². The maximum atomic E-state index is 10.6. The Hall–Kier alpha value is -2.30. The lowest BCUT2D eigenvalue weighted by atomic mass is 10.2. The number of hydrogen-bond acceptors (Lipinski definition) is 4. The van der Waals surface area contributed by atoms with Crippen molar-refractivity contribution in [2.24, 2.45) is 0 Å². The van der Waals surface area contributed by atoms with E-state index in [0.717, 1.165) is 12.2 Å². The fraction of sp³-hybridized carbons (Fsp3) is 0.231. The molecule has 0 aliphatic rings. The monoisotopic (exact) mass is 247 g/mol. The molecule has 0 unspecified atom stereocenters. The summed E-state index contributed by atoms with van der Waals surface area (Å²) in [5, 5.41) is 12.1. The van der Waals surface area contributed by atoms with Gasteiger partial charge in [0.15, 0.2) is 11.5 Å². The lowest BCUT2D eigenvalue weighted by Crippen LogP contribution is -1.96. The predicted octanol–water partition coefficient (Wildman–Crippen LogP) is 2.51. The van der Waals surface area contributed by atoms with Crippen molar-refractivity contribution in [1.29, 1.82) is 0 Å². The number of nitrogens with zero attached hydrogens (tertiary/aromatic N) is 1. The molecule has 0 amide bonds. The zero-order valence-electron chi connectivity index (χ0n) is 9.92. The highest BCUT2D eigenvalue weighted by Crippen LogP contribution is 2.15. The summed E-state index contributed by atoms with van der Waals surface area (Å²) < 4.78 is 10.3. The maximum absolute atomic E-state index is 10.6. The van der Waals surface area contributed by atoms with Crippen LogP contribution < -0.4 is 4.74 Å². The molecule has 1 heterocycles. The van der Waals surface area contributed by atoms with Crippen LogP contribution in [0.3, 0.4) is 0 Å². The third-order valence-corrected chi connectivity index (χ3v) is 2.47. The number of benzene rings is 1. The number of aromatic carboxylic acids is 1. The van der Waals surface area contributed by atoms with Crippen LogP contribution in [0.4, 0.5) is 0 Å². The molecule has 1 aromatic heterocycles. The molecular formula is C13H13NO4. The van der Waals surface area contributed by atoms with Crippen LogP contribution in [0.2, 0.25) is 0 Å². The van der Waals surface area contributed by atoms with E-state index in [-0.39, 0.29) is 12.3 Å². The highest BCUT2D eigenvalue weighted by Gasteiger charge is 2.10. The van der Waals surface area contributed by atoms with Crippen molar-refractivity contribution < 1.29 is 19.2 Å². The van der Waals surface area contributed by atoms with Crippen molar-refractivity contribution in [3.05, 3.63) is 47.3 Å². The molecule has 0 aliphatic carbocycles. The quantitative estimate of drug-likeness (QED) is 0.878. The number of hydrogen-bond donors (Lipinski definition) is 1. The van der Waals surface area contributed by atoms with Crippen LogP contribution in [0.5, 0.6) is 5.75 Å². The van der Waals surface area contributed by atoms with E-state index >= 15 is 0 Å². The highest BCUT2D eigenvalue weighted by molar-refractivity contribution is 5.85. The van der Waals surface area contributed by atoms with E-state index in [1.807, 2.05) is 24.3 Å². The van der Waals surface area contributed by atoms with Gasteiger partial charge in [0.25, 0.3) is 0 Å². The minimum atomic E-state index is -1.11. The van der Waals surface area contributed by atoms with Gasteiger partial charge in [-0.1, -0.05) is 24.2 Å². The summed E-state index contributed by atoms with van der Waals surface area (Å²) in [5.74, 6) is -0.00472. The van der Waals surface area contributed by atoms with E-state index in [4.69, 9.17) is 14.4 Å². The molecule has 2 rings (SSSR count). The standard InChI is InChI=1S/C13H13NO4/c1-2-9-4-3-5-10(6-9)17-8-11-7-12(13(15)16)14-18-11/h3-7H,2,8H2,1H3,(H,15,16). The van der Waals surface area contributed by atoms with Gasteiger partial charge in [-0.15, -0.1) is 0 Å². The lowest BCUT2D eigenvalue weighted by Gasteiger charge is -2.04. The largest absolute Gasteiger partial charge is 0.486 e. The van der Waals surface area contributed by atoms with Crippen LogP contribution in [0, 0.1) is 0 Å². The zero-order chi connectivity index (χ0) is 13.0. The van der Waals surface area contributed by atoms with Gasteiger partial charge in [0.2, 0.25) is 0 Å². The predicted molar refractivity (Wildman–Crippen MR) is 63.6 cm³/mol. The van der Waals surface area contributed by atoms with E-state index in [0.29, 0.717) is 5.76 Å². The Morgan fingerprint density at radius 1 is 1.44 bits per heavy atom. The molecule has 0 spiro atoms. The van der Waals surface area contributed by atoms with E-state index in [9.17, 15) is 4.79 Å². The molecule has 0 atom stereocenters. The van der Waals surface area contributed by atoms with Crippen LogP contribution >= 0.6 is 0 Å². The van der Waals surface area contributed by atoms with Crippen LogP contribution in [0.25, 0.3) is 0 Å². The van der Waals surface area contributed by atoms with Gasteiger partial charge in [-0.25, -0.2) is 4.79 Å². The summed E-state index contributed by atoms with van der Waals surface area (Å²) in [6, 6.07) is 9.06. The molecule has 0 aliphatic heterocycles. The van der Waals surface area contributed by atoms with Crippen molar-refractivity contribution in [2.75, 3.05) is 0 Å². The molecule has 0 radical (unpaired) electrons. The highest BCUT2D eigenvalue weighted by atomic mass is 16.5. The third kappa shape index (κ3) is 2.88. The summed E-state index contributed by atoms with van der Waals surface area (Å²) in [4.78, 5) is 10.6. The second-order valence-electron chi connectivity index (χ2n) is 3.77. The first-order chi connectivity index (χ1) is 8.69. The minimum Gasteiger partial charge on any atom is -0.486 e. The Morgan fingerprint density at radius 3 is 2.94 bits per heavy atom. The van der Waals surface area contributed by atoms with Crippen LogP contribution in [-0.2, 0) is 13.0 Å². The average Bonchev–Trinajstić information content (AvgIpc) is 2.85. The maximum Gasteiger partial charge on any atom is 0.358 e. The van der Waals surface area contributed by atoms with Gasteiger partial charge in [0, 0.05) is 6.07 Å². The smallest absolute Gasteiger partial charge is 0.358 e. The topological polar surface area (TPSA) is 72.6 Å². The molecule has 94 valence electrons. The molecule has 5 nitrogen and oxygen atoms in total. The minimum absolute atomic E-state index is 0.115. The van der Waals surface area contributed by atoms with Gasteiger partial charge in [-0.2, -0.15) is 0 Å². The fourth-order valence-electron chi connectivity index (χ4n) is 1.49. The van der Waals surface area contributed by atoms with Crippen LogP contribution in [0.15, 0.2) is 34.9 Å². The van der Waals surface area contributed by atoms with Gasteiger partial charge in [0.1, 0.15) is 12.4 Å². The number of rotatable bonds is 5. The molecule has 1 N–H and O–H groups in total. The first-order valence-electron chi connectivity index (χ1n) is 5.59. The molecule has 0 saturated heterocycles. The van der Waals surface area contributed by atoms with Crippen LogP contribution in [0.1, 0.15) is 28.7 Å². The van der Waals surface area contributed by atoms with E-state index < -0.39 is 5.97 Å². The SMILES string of the molecule is CCc1cccc(OCc2cc(C(=O)O)no2)c1. The van der Waals surface area contributed by atoms with Gasteiger partial charge in [-0.05, 0) is 24.1 Å². The Morgan fingerprint density at radius 2 is 2.28 bits per heavy atom. The molecule has 18 heavy (non-hydrogen) atoms. The molecule has 0 fully saturated rings. The van der Waals surface area contributed by atoms with Gasteiger partial charge < -0.3 is 14.4 Å². The third-order valence-electron chi connectivity index (χ3n) is 2.47. The Bertz CT molecular complexity index is 547. The summed E-state index contributed by atoms with van der Waals surface area (Å²) in [5.41, 5.74) is 1.06. The Labute approximate surface area is 104 Å². The number of carbonyl (C=O) groups is 1. The van der Waals surface area contributed by atoms with Crippen LogP contribution in [-0.4, -0.2) is 16.2 Å². The molecular weight excluding hydrogens is 234 g/mol. The molecule has 0 bridgehead atoms. The van der Waals surface area contributed by atoms with Crippen molar-refractivity contribution in [3.8, 4) is 5.75 Å². The Kier molecular flexibility index (Phi) is 3.62. The molecule has 5 heteroatoms. The first-order valence-corrected chi connectivity index (χ1v) is 5.59. The zero-order valence-corrected chi connectivity index (χ0v) is 9.92. The normalized spacial score (nSPS) is 10.3. The number of carboxylic acids is 1. The summed E-state index contributed by atoms with van der Waals surface area (Å²) >= 11 is 0. The van der Waals surface area contributed by atoms with Crippen molar-refractivity contribution in [1.82, 2.24) is 5.16 Å². The summed E-state index contributed by atoms with van der Waals surface area (Å²) in [7, 11) is 0. The van der Waals surface area contributed by atoms with E-state index in [1.165, 1.54) is 11.6 Å². The van der Waals surface area contributed by atoms with Crippen molar-refractivity contribution >= 4 is 5.97 Å². The molecule has 0 saturated carbocycles. The van der Waals surface area contributed by atoms with Crippen molar-refractivity contribution in [3.63, 3.8) is 0 Å². The fourth-order valence-corrected chi connectivity index (χ4v) is 1.49. The first kappa shape index (κ1) is 12.2. The van der Waals surface area contributed by atoms with Gasteiger partial charge in [0.05, 0.1) is 0 Å². The number of carboxylic acid groups (broad SMARTS) is 1. The molecule has 1 aromatic carbocycles. The average molecular weight is 247 g/mol. The Balaban J connectivity index is 1.99. The molecule has 2 aromatic rings. The summed E-state index contributed by atoms with van der Waals surface area (Å²) in [6.07, 6.45) is 0.933. The second kappa shape index (κ2) is 5.35. The van der Waals surface area contributed by atoms with Gasteiger partial charge >= 0.3 is 5.97 Å². The number of aromatic nitrogens is 1. The summed E-state index contributed by atoms with van der Waals surface area (Å²) in [6.45, 7) is 2.22. The second-order valence-corrected chi connectivity index (χ2v) is 3.77. The van der Waals surface area contributed by atoms with Gasteiger partial charge in [-0.3, -0.25) is 0 Å². The van der Waals surface area contributed by atoms with Crippen molar-refractivity contribution in [2.45, 2.75) is 20.0 Å². The number of aryl methyl sites for hydroxylation is 1. The lowest BCUT2D eigenvalue weighted by molar-refractivity contribution is 0.0685.